The topological polar surface area (TPSA) is 71.1 Å². The average Bonchev–Trinajstić information content (AvgIpc) is 2.77. The minimum Gasteiger partial charge on any atom is -0.465 e. The molecule has 0 spiro atoms. The van der Waals surface area contributed by atoms with Crippen LogP contribution in [0.2, 0.25) is 0 Å². The molecule has 1 fully saturated rings. The molecular formula is C13H22O6. The minimum absolute atomic E-state index is 0.235. The van der Waals surface area contributed by atoms with E-state index in [0.717, 1.165) is 0 Å². The fourth-order valence-electron chi connectivity index (χ4n) is 1.93. The first kappa shape index (κ1) is 15.9. The number of hydrogen-bond donors (Lipinski definition) is 0. The van der Waals surface area contributed by atoms with Crippen LogP contribution in [0.1, 0.15) is 33.6 Å². The van der Waals surface area contributed by atoms with Crippen LogP contribution in [0.15, 0.2) is 0 Å². The maximum atomic E-state index is 11.8. The number of carbonyl (C=O) groups excluding carboxylic acids is 2. The van der Waals surface area contributed by atoms with Crippen LogP contribution >= 0.6 is 0 Å². The largest absolute Gasteiger partial charge is 0.465 e. The summed E-state index contributed by atoms with van der Waals surface area (Å²) in [7, 11) is 0. The Hall–Kier alpha value is -1.14. The molecule has 0 saturated carbocycles. The van der Waals surface area contributed by atoms with Gasteiger partial charge in [0.15, 0.2) is 11.7 Å². The van der Waals surface area contributed by atoms with E-state index in [1.54, 1.807) is 20.8 Å². The van der Waals surface area contributed by atoms with Crippen LogP contribution in [-0.4, -0.2) is 44.2 Å². The van der Waals surface area contributed by atoms with Gasteiger partial charge < -0.3 is 18.9 Å². The summed E-state index contributed by atoms with van der Waals surface area (Å²) in [4.78, 5) is 23.5. The molecule has 0 radical (unpaired) electrons. The second-order valence-corrected chi connectivity index (χ2v) is 4.43. The number of hydrogen-bond acceptors (Lipinski definition) is 6. The van der Waals surface area contributed by atoms with E-state index in [0.29, 0.717) is 19.6 Å². The number of ether oxygens (including phenoxy) is 4. The van der Waals surface area contributed by atoms with Gasteiger partial charge in [-0.3, -0.25) is 9.59 Å². The first-order valence-electron chi connectivity index (χ1n) is 6.63. The van der Waals surface area contributed by atoms with E-state index in [1.165, 1.54) is 0 Å². The quantitative estimate of drug-likeness (QED) is 0.514. The second-order valence-electron chi connectivity index (χ2n) is 4.43. The molecule has 1 aliphatic rings. The molecule has 6 nitrogen and oxygen atoms in total. The van der Waals surface area contributed by atoms with Gasteiger partial charge in [0.1, 0.15) is 0 Å². The highest BCUT2D eigenvalue weighted by atomic mass is 16.7. The van der Waals surface area contributed by atoms with Crippen molar-refractivity contribution in [1.82, 2.24) is 0 Å². The second kappa shape index (κ2) is 7.45. The highest BCUT2D eigenvalue weighted by Crippen LogP contribution is 2.27. The van der Waals surface area contributed by atoms with Gasteiger partial charge >= 0.3 is 11.9 Å². The van der Waals surface area contributed by atoms with Gasteiger partial charge in [0.25, 0.3) is 0 Å². The molecule has 0 N–H and O–H groups in total. The molecule has 110 valence electrons. The molecule has 1 saturated heterocycles. The molecule has 0 bridgehead atoms. The third-order valence-electron chi connectivity index (χ3n) is 2.93. The summed E-state index contributed by atoms with van der Waals surface area (Å²) in [6.07, 6.45) is 0.726. The first-order chi connectivity index (χ1) is 9.02. The molecule has 0 aliphatic carbocycles. The van der Waals surface area contributed by atoms with Gasteiger partial charge in [0.2, 0.25) is 0 Å². The zero-order valence-electron chi connectivity index (χ0n) is 11.8. The average molecular weight is 274 g/mol. The van der Waals surface area contributed by atoms with Crippen molar-refractivity contribution in [2.45, 2.75) is 39.4 Å². The van der Waals surface area contributed by atoms with Crippen molar-refractivity contribution in [3.8, 4) is 0 Å². The van der Waals surface area contributed by atoms with Gasteiger partial charge in [0.05, 0.1) is 26.4 Å². The molecule has 1 rings (SSSR count). The van der Waals surface area contributed by atoms with Gasteiger partial charge in [-0.2, -0.15) is 0 Å². The molecule has 0 aromatic rings. The highest BCUT2D eigenvalue weighted by molar-refractivity contribution is 5.94. The Balaban J connectivity index is 2.57. The smallest absolute Gasteiger partial charge is 0.320 e. The Kier molecular flexibility index (Phi) is 6.24. The number of esters is 2. The summed E-state index contributed by atoms with van der Waals surface area (Å²) < 4.78 is 20.7. The van der Waals surface area contributed by atoms with Crippen molar-refractivity contribution in [2.75, 3.05) is 26.4 Å². The zero-order chi connectivity index (χ0) is 14.3. The third-order valence-corrected chi connectivity index (χ3v) is 2.93. The van der Waals surface area contributed by atoms with Crippen molar-refractivity contribution >= 4 is 11.9 Å². The normalized spacial score (nSPS) is 17.5. The molecule has 1 aliphatic heterocycles. The molecular weight excluding hydrogens is 252 g/mol. The maximum Gasteiger partial charge on any atom is 0.320 e. The fourth-order valence-corrected chi connectivity index (χ4v) is 1.93. The Morgan fingerprint density at radius 1 is 1.11 bits per heavy atom. The lowest BCUT2D eigenvalue weighted by atomic mass is 10.00. The lowest BCUT2D eigenvalue weighted by Crippen LogP contribution is -2.32. The Morgan fingerprint density at radius 2 is 1.58 bits per heavy atom. The highest BCUT2D eigenvalue weighted by Gasteiger charge is 2.36. The van der Waals surface area contributed by atoms with Crippen molar-refractivity contribution < 1.29 is 28.5 Å². The van der Waals surface area contributed by atoms with Crippen LogP contribution in [0.4, 0.5) is 0 Å². The van der Waals surface area contributed by atoms with Crippen LogP contribution in [0.3, 0.4) is 0 Å². The SMILES string of the molecule is CCOC(=O)C(CCC1(C)OCCO1)C(=O)OCC. The van der Waals surface area contributed by atoms with Crippen molar-refractivity contribution in [3.63, 3.8) is 0 Å². The predicted molar refractivity (Wildman–Crippen MR) is 66.3 cm³/mol. The van der Waals surface area contributed by atoms with E-state index >= 15 is 0 Å². The summed E-state index contributed by atoms with van der Waals surface area (Å²) >= 11 is 0. The molecule has 0 aromatic heterocycles. The Labute approximate surface area is 113 Å². The van der Waals surface area contributed by atoms with E-state index in [4.69, 9.17) is 18.9 Å². The molecule has 0 aromatic carbocycles. The van der Waals surface area contributed by atoms with Crippen LogP contribution in [0, 0.1) is 5.92 Å². The lowest BCUT2D eigenvalue weighted by molar-refractivity contribution is -0.167. The van der Waals surface area contributed by atoms with E-state index < -0.39 is 23.6 Å². The van der Waals surface area contributed by atoms with Crippen LogP contribution in [0.5, 0.6) is 0 Å². The Bertz CT molecular complexity index is 290. The van der Waals surface area contributed by atoms with Gasteiger partial charge in [0, 0.05) is 6.42 Å². The van der Waals surface area contributed by atoms with Crippen LogP contribution in [-0.2, 0) is 28.5 Å². The molecule has 6 heteroatoms. The van der Waals surface area contributed by atoms with E-state index in [2.05, 4.69) is 0 Å². The van der Waals surface area contributed by atoms with Crippen molar-refractivity contribution in [3.05, 3.63) is 0 Å². The third kappa shape index (κ3) is 4.80. The van der Waals surface area contributed by atoms with Gasteiger partial charge in [-0.15, -0.1) is 0 Å². The molecule has 0 atom stereocenters. The van der Waals surface area contributed by atoms with Gasteiger partial charge in [-0.1, -0.05) is 0 Å². The minimum atomic E-state index is -0.912. The summed E-state index contributed by atoms with van der Waals surface area (Å²) in [6.45, 7) is 6.72. The van der Waals surface area contributed by atoms with Gasteiger partial charge in [-0.05, 0) is 27.2 Å². The number of rotatable bonds is 7. The van der Waals surface area contributed by atoms with Crippen molar-refractivity contribution in [2.24, 2.45) is 5.92 Å². The fraction of sp³-hybridized carbons (Fsp3) is 0.846. The Morgan fingerprint density at radius 3 is 2.00 bits per heavy atom. The molecule has 1 heterocycles. The molecule has 0 amide bonds. The van der Waals surface area contributed by atoms with Crippen LogP contribution in [0.25, 0.3) is 0 Å². The predicted octanol–water partition coefficient (Wildman–Crippen LogP) is 1.27. The van der Waals surface area contributed by atoms with Crippen LogP contribution < -0.4 is 0 Å². The molecule has 0 unspecified atom stereocenters. The zero-order valence-corrected chi connectivity index (χ0v) is 11.8. The summed E-state index contributed by atoms with van der Waals surface area (Å²) in [5.74, 6) is -2.74. The molecule has 19 heavy (non-hydrogen) atoms. The van der Waals surface area contributed by atoms with Gasteiger partial charge in [-0.25, -0.2) is 0 Å². The standard InChI is InChI=1S/C13H22O6/c1-4-16-11(14)10(12(15)17-5-2)6-7-13(3)18-8-9-19-13/h10H,4-9H2,1-3H3. The van der Waals surface area contributed by atoms with E-state index in [-0.39, 0.29) is 19.6 Å². The van der Waals surface area contributed by atoms with E-state index in [9.17, 15) is 9.59 Å². The lowest BCUT2D eigenvalue weighted by Gasteiger charge is -2.23. The summed E-state index contributed by atoms with van der Waals surface area (Å²) in [5, 5.41) is 0. The monoisotopic (exact) mass is 274 g/mol. The summed E-state index contributed by atoms with van der Waals surface area (Å²) in [5.41, 5.74) is 0. The van der Waals surface area contributed by atoms with Crippen molar-refractivity contribution in [1.29, 1.82) is 0 Å². The number of carbonyl (C=O) groups is 2. The maximum absolute atomic E-state index is 11.8. The first-order valence-corrected chi connectivity index (χ1v) is 6.63. The summed E-state index contributed by atoms with van der Waals surface area (Å²) in [6, 6.07) is 0. The van der Waals surface area contributed by atoms with E-state index in [1.807, 2.05) is 0 Å².